The van der Waals surface area contributed by atoms with Crippen LogP contribution in [-0.4, -0.2) is 49.6 Å². The van der Waals surface area contributed by atoms with Gasteiger partial charge >= 0.3 is 13.4 Å². The van der Waals surface area contributed by atoms with Gasteiger partial charge in [-0.15, -0.1) is 0 Å². The molecule has 0 aliphatic carbocycles. The molecule has 0 amide bonds. The molecule has 0 saturated carbocycles. The molecule has 12 heteroatoms. The molecule has 1 saturated heterocycles. The number of anilines is 1. The maximum atomic E-state index is 12.1. The van der Waals surface area contributed by atoms with Crippen molar-refractivity contribution in [2.75, 3.05) is 12.3 Å². The van der Waals surface area contributed by atoms with Gasteiger partial charge in [0.15, 0.2) is 6.23 Å². The van der Waals surface area contributed by atoms with Crippen LogP contribution >= 0.6 is 7.75 Å². The van der Waals surface area contributed by atoms with Gasteiger partial charge in [0.05, 0.1) is 6.61 Å². The van der Waals surface area contributed by atoms with Crippen molar-refractivity contribution in [3.05, 3.63) is 58.6 Å². The first kappa shape index (κ1) is 20.6. The lowest BCUT2D eigenvalue weighted by Crippen LogP contribution is -2.36. The van der Waals surface area contributed by atoms with Crippen LogP contribution in [0.15, 0.2) is 47.4 Å². The van der Waals surface area contributed by atoms with Crippen LogP contribution in [0.1, 0.15) is 11.8 Å². The first-order valence-electron chi connectivity index (χ1n) is 8.39. The van der Waals surface area contributed by atoms with Gasteiger partial charge in [-0.2, -0.15) is 4.98 Å². The van der Waals surface area contributed by atoms with E-state index in [0.717, 1.165) is 10.1 Å². The van der Waals surface area contributed by atoms with E-state index < -0.39 is 44.6 Å². The molecule has 2 unspecified atom stereocenters. The van der Waals surface area contributed by atoms with E-state index in [1.165, 1.54) is 12.3 Å². The van der Waals surface area contributed by atoms with Crippen LogP contribution in [0.25, 0.3) is 0 Å². The zero-order valence-electron chi connectivity index (χ0n) is 14.7. The van der Waals surface area contributed by atoms with Gasteiger partial charge in [0, 0.05) is 12.7 Å². The van der Waals surface area contributed by atoms with E-state index in [1.807, 2.05) is 6.07 Å². The van der Waals surface area contributed by atoms with Crippen LogP contribution in [0.5, 0.6) is 0 Å². The van der Waals surface area contributed by atoms with Crippen LogP contribution < -0.4 is 16.5 Å². The third-order valence-electron chi connectivity index (χ3n) is 4.20. The van der Waals surface area contributed by atoms with Crippen LogP contribution in [0.4, 0.5) is 5.82 Å². The van der Waals surface area contributed by atoms with Gasteiger partial charge in [-0.3, -0.25) is 9.09 Å². The van der Waals surface area contributed by atoms with Gasteiger partial charge in [-0.05, 0) is 11.6 Å². The van der Waals surface area contributed by atoms with Crippen LogP contribution in [0.3, 0.4) is 0 Å². The summed E-state index contributed by atoms with van der Waals surface area (Å²) in [5.41, 5.74) is 5.43. The number of aromatic nitrogens is 2. The van der Waals surface area contributed by atoms with Gasteiger partial charge in [-0.1, -0.05) is 30.3 Å². The molecule has 0 spiro atoms. The van der Waals surface area contributed by atoms with Crippen molar-refractivity contribution < 1.29 is 28.9 Å². The van der Waals surface area contributed by atoms with Crippen LogP contribution in [0.2, 0.25) is 0 Å². The van der Waals surface area contributed by atoms with E-state index >= 15 is 0 Å². The second-order valence-electron chi connectivity index (χ2n) is 6.23. The third-order valence-corrected chi connectivity index (χ3v) is 5.26. The van der Waals surface area contributed by atoms with Crippen molar-refractivity contribution in [1.29, 1.82) is 0 Å². The minimum Gasteiger partial charge on any atom is -0.387 e. The van der Waals surface area contributed by atoms with Crippen molar-refractivity contribution in [2.24, 2.45) is 0 Å². The van der Waals surface area contributed by atoms with Crippen molar-refractivity contribution in [3.8, 4) is 0 Å². The largest absolute Gasteiger partial charge is 0.403 e. The van der Waals surface area contributed by atoms with Crippen molar-refractivity contribution in [3.63, 3.8) is 0 Å². The molecule has 1 aromatic heterocycles. The molecule has 2 heterocycles. The van der Waals surface area contributed by atoms with Gasteiger partial charge in [0.2, 0.25) is 0 Å². The molecule has 3 rings (SSSR count). The smallest absolute Gasteiger partial charge is 0.387 e. The van der Waals surface area contributed by atoms with E-state index in [4.69, 9.17) is 15.0 Å². The van der Waals surface area contributed by atoms with Crippen molar-refractivity contribution >= 4 is 13.6 Å². The third kappa shape index (κ3) is 4.83. The fraction of sp³-hybridized carbons (Fsp3) is 0.375. The molecule has 1 aliphatic heterocycles. The molecule has 1 fully saturated rings. The first-order chi connectivity index (χ1) is 13.3. The van der Waals surface area contributed by atoms with Crippen molar-refractivity contribution in [2.45, 2.75) is 31.1 Å². The molecular weight excluding hydrogens is 391 g/mol. The number of aliphatic hydroxyl groups is 2. The monoisotopic (exact) mass is 412 g/mol. The SMILES string of the molecule is Nc1ccn([C@@H]2O[C@H](COP(=O)(O)NCc3ccccc3)[C@H](O)C2O)c(=O)n1. The van der Waals surface area contributed by atoms with E-state index in [0.29, 0.717) is 0 Å². The summed E-state index contributed by atoms with van der Waals surface area (Å²) in [6, 6.07) is 10.3. The highest BCUT2D eigenvalue weighted by molar-refractivity contribution is 7.50. The Labute approximate surface area is 160 Å². The zero-order chi connectivity index (χ0) is 20.3. The molecule has 5 atom stereocenters. The lowest BCUT2D eigenvalue weighted by molar-refractivity contribution is -0.0527. The number of nitrogens with two attached hydrogens (primary N) is 1. The van der Waals surface area contributed by atoms with Gasteiger partial charge in [-0.25, -0.2) is 14.4 Å². The van der Waals surface area contributed by atoms with Crippen molar-refractivity contribution in [1.82, 2.24) is 14.6 Å². The van der Waals surface area contributed by atoms with E-state index in [9.17, 15) is 24.5 Å². The number of benzene rings is 1. The molecule has 2 aromatic rings. The Kier molecular flexibility index (Phi) is 6.26. The number of hydrogen-bond donors (Lipinski definition) is 5. The second-order valence-corrected chi connectivity index (χ2v) is 7.84. The summed E-state index contributed by atoms with van der Waals surface area (Å²) in [4.78, 5) is 25.3. The summed E-state index contributed by atoms with van der Waals surface area (Å²) in [6.07, 6.45) is -4.01. The topological polar surface area (TPSA) is 169 Å². The van der Waals surface area contributed by atoms with E-state index in [1.54, 1.807) is 24.3 Å². The molecular formula is C16H21N4O7P. The van der Waals surface area contributed by atoms with E-state index in [-0.39, 0.29) is 12.4 Å². The molecule has 0 radical (unpaired) electrons. The number of hydrogen-bond acceptors (Lipinski definition) is 8. The Hall–Kier alpha value is -2.11. The Morgan fingerprint density at radius 3 is 2.64 bits per heavy atom. The van der Waals surface area contributed by atoms with Crippen LogP contribution in [-0.2, 0) is 20.4 Å². The predicted octanol–water partition coefficient (Wildman–Crippen LogP) is -0.649. The highest BCUT2D eigenvalue weighted by atomic mass is 31.2. The average molecular weight is 412 g/mol. The number of aliphatic hydroxyl groups excluding tert-OH is 2. The average Bonchev–Trinajstić information content (AvgIpc) is 2.94. The Bertz CT molecular complexity index is 909. The molecule has 1 aromatic carbocycles. The van der Waals surface area contributed by atoms with Gasteiger partial charge in [0.1, 0.15) is 24.1 Å². The molecule has 11 nitrogen and oxygen atoms in total. The zero-order valence-corrected chi connectivity index (χ0v) is 15.6. The maximum Gasteiger partial charge on any atom is 0.403 e. The lowest BCUT2D eigenvalue weighted by Gasteiger charge is -2.18. The highest BCUT2D eigenvalue weighted by Crippen LogP contribution is 2.39. The minimum absolute atomic E-state index is 0.000113. The number of rotatable bonds is 7. The highest BCUT2D eigenvalue weighted by Gasteiger charge is 2.45. The quantitative estimate of drug-likeness (QED) is 0.368. The standard InChI is InChI=1S/C16H21N4O7P/c17-12-6-7-20(16(23)19-12)15-14(22)13(21)11(27-15)9-26-28(24,25)18-8-10-4-2-1-3-5-10/h1-7,11,13-15,21-22H,8-9H2,(H2,17,19,23)(H2,18,24,25)/t11-,13+,14?,15-/m1/s1. The molecule has 28 heavy (non-hydrogen) atoms. The van der Waals surface area contributed by atoms with E-state index in [2.05, 4.69) is 10.1 Å². The predicted molar refractivity (Wildman–Crippen MR) is 97.9 cm³/mol. The Morgan fingerprint density at radius 2 is 1.96 bits per heavy atom. The fourth-order valence-corrected chi connectivity index (χ4v) is 3.55. The minimum atomic E-state index is -4.18. The summed E-state index contributed by atoms with van der Waals surface area (Å²) in [5, 5.41) is 22.7. The summed E-state index contributed by atoms with van der Waals surface area (Å²) >= 11 is 0. The molecule has 6 N–H and O–H groups in total. The fourth-order valence-electron chi connectivity index (χ4n) is 2.72. The lowest BCUT2D eigenvalue weighted by atomic mass is 10.1. The maximum absolute atomic E-state index is 12.1. The van der Waals surface area contributed by atoms with Gasteiger partial charge in [0.25, 0.3) is 0 Å². The summed E-state index contributed by atoms with van der Waals surface area (Å²) in [5.74, 6) is -0.000113. The number of nitrogens with one attached hydrogen (secondary N) is 1. The molecule has 1 aliphatic rings. The normalized spacial score (nSPS) is 26.8. The van der Waals surface area contributed by atoms with Crippen LogP contribution in [0, 0.1) is 0 Å². The summed E-state index contributed by atoms with van der Waals surface area (Å²) < 4.78 is 23.5. The Morgan fingerprint density at radius 1 is 1.25 bits per heavy atom. The Balaban J connectivity index is 1.59. The number of nitrogen functional groups attached to an aromatic ring is 1. The number of ether oxygens (including phenoxy) is 1. The first-order valence-corrected chi connectivity index (χ1v) is 9.97. The summed E-state index contributed by atoms with van der Waals surface area (Å²) in [6.45, 7) is -0.387. The number of nitrogens with zero attached hydrogens (tertiary/aromatic N) is 2. The molecule has 152 valence electrons. The summed E-state index contributed by atoms with van der Waals surface area (Å²) in [7, 11) is -4.18. The second kappa shape index (κ2) is 8.50. The molecule has 0 bridgehead atoms. The van der Waals surface area contributed by atoms with Gasteiger partial charge < -0.3 is 25.6 Å².